The van der Waals surface area contributed by atoms with E-state index in [9.17, 15) is 4.79 Å². The van der Waals surface area contributed by atoms with Gasteiger partial charge in [-0.25, -0.2) is 14.8 Å². The van der Waals surface area contributed by atoms with Gasteiger partial charge in [0.15, 0.2) is 5.16 Å². The molecule has 2 rings (SSSR count). The predicted molar refractivity (Wildman–Crippen MR) is 79.9 cm³/mol. The third-order valence-electron chi connectivity index (χ3n) is 2.78. The SMILES string of the molecule is CCOC(=O)c1c(C)nc(SC)nc1-c1ccccc1. The lowest BCUT2D eigenvalue weighted by Crippen LogP contribution is -2.12. The Labute approximate surface area is 122 Å². The lowest BCUT2D eigenvalue weighted by atomic mass is 10.0. The number of aryl methyl sites for hydroxylation is 1. The van der Waals surface area contributed by atoms with Gasteiger partial charge in [-0.05, 0) is 20.1 Å². The highest BCUT2D eigenvalue weighted by Crippen LogP contribution is 2.26. The van der Waals surface area contributed by atoms with E-state index >= 15 is 0 Å². The largest absolute Gasteiger partial charge is 0.462 e. The van der Waals surface area contributed by atoms with Crippen molar-refractivity contribution in [2.45, 2.75) is 19.0 Å². The Morgan fingerprint density at radius 1 is 1.25 bits per heavy atom. The van der Waals surface area contributed by atoms with Crippen molar-refractivity contribution in [3.63, 3.8) is 0 Å². The van der Waals surface area contributed by atoms with Gasteiger partial charge in [0.05, 0.1) is 18.0 Å². The van der Waals surface area contributed by atoms with Gasteiger partial charge in [-0.2, -0.15) is 0 Å². The van der Waals surface area contributed by atoms with E-state index < -0.39 is 0 Å². The predicted octanol–water partition coefficient (Wildman–Crippen LogP) is 3.35. The summed E-state index contributed by atoms with van der Waals surface area (Å²) in [5.41, 5.74) is 2.59. The van der Waals surface area contributed by atoms with Crippen molar-refractivity contribution in [1.82, 2.24) is 9.97 Å². The first-order chi connectivity index (χ1) is 9.67. The molecule has 0 saturated heterocycles. The minimum Gasteiger partial charge on any atom is -0.462 e. The van der Waals surface area contributed by atoms with E-state index in [4.69, 9.17) is 4.74 Å². The lowest BCUT2D eigenvalue weighted by molar-refractivity contribution is 0.0525. The molecular weight excluding hydrogens is 272 g/mol. The molecule has 0 unspecified atom stereocenters. The fraction of sp³-hybridized carbons (Fsp3) is 0.267. The molecule has 5 heteroatoms. The maximum Gasteiger partial charge on any atom is 0.342 e. The van der Waals surface area contributed by atoms with Gasteiger partial charge in [-0.15, -0.1) is 0 Å². The summed E-state index contributed by atoms with van der Waals surface area (Å²) < 4.78 is 5.12. The fourth-order valence-corrected chi connectivity index (χ4v) is 2.30. The van der Waals surface area contributed by atoms with Crippen molar-refractivity contribution in [3.8, 4) is 11.3 Å². The highest BCUT2D eigenvalue weighted by Gasteiger charge is 2.20. The molecule has 0 fully saturated rings. The molecule has 0 aliphatic heterocycles. The Morgan fingerprint density at radius 2 is 1.95 bits per heavy atom. The summed E-state index contributed by atoms with van der Waals surface area (Å²) in [4.78, 5) is 21.0. The number of hydrogen-bond donors (Lipinski definition) is 0. The topological polar surface area (TPSA) is 52.1 Å². The number of thioether (sulfide) groups is 1. The first kappa shape index (κ1) is 14.5. The number of aromatic nitrogens is 2. The Morgan fingerprint density at radius 3 is 2.55 bits per heavy atom. The van der Waals surface area contributed by atoms with Gasteiger partial charge in [0.1, 0.15) is 5.56 Å². The maximum atomic E-state index is 12.2. The van der Waals surface area contributed by atoms with Crippen LogP contribution in [0.2, 0.25) is 0 Å². The zero-order chi connectivity index (χ0) is 14.5. The van der Waals surface area contributed by atoms with Crippen LogP contribution in [0.1, 0.15) is 23.0 Å². The van der Waals surface area contributed by atoms with Crippen molar-refractivity contribution in [2.75, 3.05) is 12.9 Å². The molecule has 0 aliphatic carbocycles. The summed E-state index contributed by atoms with van der Waals surface area (Å²) in [5.74, 6) is -0.378. The molecule has 0 amide bonds. The second-order valence-corrected chi connectivity index (χ2v) is 4.88. The number of ether oxygens (including phenoxy) is 1. The smallest absolute Gasteiger partial charge is 0.342 e. The third-order valence-corrected chi connectivity index (χ3v) is 3.33. The molecule has 0 atom stereocenters. The molecule has 0 spiro atoms. The van der Waals surface area contributed by atoms with Gasteiger partial charge < -0.3 is 4.74 Å². The molecule has 1 aromatic heterocycles. The van der Waals surface area contributed by atoms with Crippen LogP contribution in [0.25, 0.3) is 11.3 Å². The lowest BCUT2D eigenvalue weighted by Gasteiger charge is -2.11. The van der Waals surface area contributed by atoms with Gasteiger partial charge in [0.2, 0.25) is 0 Å². The first-order valence-corrected chi connectivity index (χ1v) is 7.55. The van der Waals surface area contributed by atoms with Crippen molar-refractivity contribution in [1.29, 1.82) is 0 Å². The van der Waals surface area contributed by atoms with Crippen molar-refractivity contribution in [2.24, 2.45) is 0 Å². The highest BCUT2D eigenvalue weighted by atomic mass is 32.2. The number of rotatable bonds is 4. The second kappa shape index (κ2) is 6.52. The van der Waals surface area contributed by atoms with E-state index in [-0.39, 0.29) is 5.97 Å². The molecule has 1 heterocycles. The van der Waals surface area contributed by atoms with Gasteiger partial charge in [-0.1, -0.05) is 42.1 Å². The third kappa shape index (κ3) is 2.99. The van der Waals surface area contributed by atoms with Gasteiger partial charge in [-0.3, -0.25) is 0 Å². The van der Waals surface area contributed by atoms with E-state index in [1.54, 1.807) is 13.8 Å². The molecule has 0 bridgehead atoms. The molecule has 0 N–H and O–H groups in total. The quantitative estimate of drug-likeness (QED) is 0.490. The Kier molecular flexibility index (Phi) is 4.74. The summed E-state index contributed by atoms with van der Waals surface area (Å²) in [6.45, 7) is 3.92. The molecule has 0 saturated carbocycles. The summed E-state index contributed by atoms with van der Waals surface area (Å²) >= 11 is 1.45. The van der Waals surface area contributed by atoms with Crippen LogP contribution in [0.15, 0.2) is 35.5 Å². The number of carbonyl (C=O) groups is 1. The summed E-state index contributed by atoms with van der Waals surface area (Å²) in [7, 11) is 0. The number of benzene rings is 1. The Balaban J connectivity index is 2.63. The number of esters is 1. The van der Waals surface area contributed by atoms with Crippen LogP contribution in [-0.2, 0) is 4.74 Å². The molecule has 104 valence electrons. The molecule has 1 aromatic carbocycles. The fourth-order valence-electron chi connectivity index (χ4n) is 1.89. The second-order valence-electron chi connectivity index (χ2n) is 4.11. The number of hydrogen-bond acceptors (Lipinski definition) is 5. The van der Waals surface area contributed by atoms with Crippen LogP contribution in [0.3, 0.4) is 0 Å². The molecule has 0 radical (unpaired) electrons. The van der Waals surface area contributed by atoms with Crippen LogP contribution in [0, 0.1) is 6.92 Å². The van der Waals surface area contributed by atoms with Crippen molar-refractivity contribution in [3.05, 3.63) is 41.6 Å². The Bertz CT molecular complexity index is 615. The molecule has 0 aliphatic rings. The van der Waals surface area contributed by atoms with Gasteiger partial charge in [0, 0.05) is 5.56 Å². The zero-order valence-electron chi connectivity index (χ0n) is 11.7. The van der Waals surface area contributed by atoms with Crippen LogP contribution in [0.4, 0.5) is 0 Å². The van der Waals surface area contributed by atoms with E-state index in [0.29, 0.717) is 28.7 Å². The molecule has 2 aromatic rings. The monoisotopic (exact) mass is 288 g/mol. The van der Waals surface area contributed by atoms with Crippen molar-refractivity contribution < 1.29 is 9.53 Å². The minimum absolute atomic E-state index is 0.330. The van der Waals surface area contributed by atoms with Crippen LogP contribution in [-0.4, -0.2) is 28.8 Å². The van der Waals surface area contributed by atoms with Crippen molar-refractivity contribution >= 4 is 17.7 Å². The summed E-state index contributed by atoms with van der Waals surface area (Å²) in [6, 6.07) is 9.61. The van der Waals surface area contributed by atoms with Crippen LogP contribution in [0.5, 0.6) is 0 Å². The van der Waals surface area contributed by atoms with Gasteiger partial charge in [0.25, 0.3) is 0 Å². The molecule has 4 nitrogen and oxygen atoms in total. The van der Waals surface area contributed by atoms with Crippen LogP contribution < -0.4 is 0 Å². The van der Waals surface area contributed by atoms with E-state index in [1.165, 1.54) is 11.8 Å². The molecule has 20 heavy (non-hydrogen) atoms. The minimum atomic E-state index is -0.378. The average Bonchev–Trinajstić information content (AvgIpc) is 2.47. The normalized spacial score (nSPS) is 10.3. The maximum absolute atomic E-state index is 12.2. The van der Waals surface area contributed by atoms with Crippen LogP contribution >= 0.6 is 11.8 Å². The number of carbonyl (C=O) groups excluding carboxylic acids is 1. The van der Waals surface area contributed by atoms with E-state index in [2.05, 4.69) is 9.97 Å². The Hall–Kier alpha value is -1.88. The number of nitrogens with zero attached hydrogens (tertiary/aromatic N) is 2. The molecular formula is C15H16N2O2S. The average molecular weight is 288 g/mol. The highest BCUT2D eigenvalue weighted by molar-refractivity contribution is 7.98. The summed E-state index contributed by atoms with van der Waals surface area (Å²) in [5, 5.41) is 0.648. The summed E-state index contributed by atoms with van der Waals surface area (Å²) in [6.07, 6.45) is 1.91. The van der Waals surface area contributed by atoms with E-state index in [1.807, 2.05) is 36.6 Å². The standard InChI is InChI=1S/C15H16N2O2S/c1-4-19-14(18)12-10(2)16-15(20-3)17-13(12)11-8-6-5-7-9-11/h5-9H,4H2,1-3H3. The first-order valence-electron chi connectivity index (χ1n) is 6.32. The van der Waals surface area contributed by atoms with E-state index in [0.717, 1.165) is 5.56 Å². The van der Waals surface area contributed by atoms with Gasteiger partial charge >= 0.3 is 5.97 Å². The zero-order valence-corrected chi connectivity index (χ0v) is 12.5.